The maximum atomic E-state index is 14.5. The Labute approximate surface area is 227 Å². The van der Waals surface area contributed by atoms with Gasteiger partial charge in [0, 0.05) is 49.9 Å². The summed E-state index contributed by atoms with van der Waals surface area (Å²) in [5, 5.41) is 10.9. The molecule has 1 aromatic heterocycles. The van der Waals surface area contributed by atoms with Crippen LogP contribution in [0.25, 0.3) is 0 Å². The molecule has 9 nitrogen and oxygen atoms in total. The van der Waals surface area contributed by atoms with Crippen LogP contribution in [0.3, 0.4) is 0 Å². The lowest BCUT2D eigenvalue weighted by Crippen LogP contribution is -2.72. The third-order valence-electron chi connectivity index (χ3n) is 10.8. The molecule has 1 N–H and O–H groups in total. The Hall–Kier alpha value is -2.78. The van der Waals surface area contributed by atoms with Gasteiger partial charge in [-0.1, -0.05) is 18.6 Å². The molecule has 1 aliphatic heterocycles. The zero-order valence-electron chi connectivity index (χ0n) is 23.2. The van der Waals surface area contributed by atoms with Crippen LogP contribution in [0, 0.1) is 28.1 Å². The van der Waals surface area contributed by atoms with Gasteiger partial charge >= 0.3 is 11.9 Å². The first-order valence-electron chi connectivity index (χ1n) is 13.7. The van der Waals surface area contributed by atoms with Crippen LogP contribution in [-0.2, 0) is 33.4 Å². The van der Waals surface area contributed by atoms with E-state index in [0.29, 0.717) is 6.42 Å². The van der Waals surface area contributed by atoms with Crippen LogP contribution >= 0.6 is 0 Å². The van der Waals surface area contributed by atoms with Gasteiger partial charge < -0.3 is 23.7 Å². The number of hydrogen-bond donors (Lipinski definition) is 1. The van der Waals surface area contributed by atoms with E-state index in [0.717, 1.165) is 11.1 Å². The largest absolute Gasteiger partial charge is 0.472 e. The first-order valence-corrected chi connectivity index (χ1v) is 13.7. The van der Waals surface area contributed by atoms with Crippen LogP contribution in [0.5, 0.6) is 0 Å². The molecule has 0 bridgehead atoms. The fraction of sp³-hybridized carbons (Fsp3) is 0.667. The SMILES string of the molecule is CC(=O)OC1C(OC(C)=O)C2(C)C(=CCC2c2ccoc2)C2(C)C(=O)CC3C(C)(C)OC4CC(O)C(=O)C43C12. The van der Waals surface area contributed by atoms with Gasteiger partial charge in [0.05, 0.1) is 35.1 Å². The van der Waals surface area contributed by atoms with Gasteiger partial charge in [-0.25, -0.2) is 0 Å². The molecule has 5 aliphatic rings. The molecular weight excluding hydrogens is 504 g/mol. The number of aliphatic hydroxyl groups is 1. The molecule has 9 heteroatoms. The van der Waals surface area contributed by atoms with Gasteiger partial charge in [0.1, 0.15) is 24.1 Å². The number of esters is 2. The summed E-state index contributed by atoms with van der Waals surface area (Å²) in [4.78, 5) is 54.0. The van der Waals surface area contributed by atoms with Crippen molar-refractivity contribution in [2.75, 3.05) is 0 Å². The van der Waals surface area contributed by atoms with Crippen molar-refractivity contribution in [2.24, 2.45) is 28.1 Å². The monoisotopic (exact) mass is 540 g/mol. The predicted octanol–water partition coefficient (Wildman–Crippen LogP) is 3.29. The lowest BCUT2D eigenvalue weighted by molar-refractivity contribution is -0.220. The van der Waals surface area contributed by atoms with Crippen molar-refractivity contribution in [3.8, 4) is 0 Å². The topological polar surface area (TPSA) is 129 Å². The molecule has 10 unspecified atom stereocenters. The Morgan fingerprint density at radius 3 is 2.38 bits per heavy atom. The maximum absolute atomic E-state index is 14.5. The number of hydrogen-bond acceptors (Lipinski definition) is 9. The minimum Gasteiger partial charge on any atom is -0.472 e. The number of ether oxygens (including phenoxy) is 3. The molecule has 6 rings (SSSR count). The van der Waals surface area contributed by atoms with Crippen LogP contribution in [0.4, 0.5) is 0 Å². The number of carbonyl (C=O) groups excluding carboxylic acids is 4. The maximum Gasteiger partial charge on any atom is 0.303 e. The molecule has 4 aliphatic carbocycles. The summed E-state index contributed by atoms with van der Waals surface area (Å²) in [6.07, 6.45) is 1.91. The predicted molar refractivity (Wildman–Crippen MR) is 135 cm³/mol. The van der Waals surface area contributed by atoms with E-state index >= 15 is 0 Å². The van der Waals surface area contributed by atoms with E-state index in [1.165, 1.54) is 13.8 Å². The quantitative estimate of drug-likeness (QED) is 0.453. The normalized spacial score (nSPS) is 45.6. The second-order valence-corrected chi connectivity index (χ2v) is 13.0. The van der Waals surface area contributed by atoms with E-state index < -0.39 is 70.0 Å². The van der Waals surface area contributed by atoms with Gasteiger partial charge in [-0.15, -0.1) is 0 Å². The highest BCUT2D eigenvalue weighted by atomic mass is 16.6. The average Bonchev–Trinajstić information content (AvgIpc) is 3.57. The number of rotatable bonds is 3. The van der Waals surface area contributed by atoms with Gasteiger partial charge in [0.15, 0.2) is 5.78 Å². The summed E-state index contributed by atoms with van der Waals surface area (Å²) in [5.41, 5.74) is -2.66. The number of fused-ring (bicyclic) bond motifs is 3. The number of furan rings is 1. The summed E-state index contributed by atoms with van der Waals surface area (Å²) in [6, 6.07) is 1.85. The van der Waals surface area contributed by atoms with Crippen molar-refractivity contribution in [1.82, 2.24) is 0 Å². The van der Waals surface area contributed by atoms with E-state index in [4.69, 9.17) is 18.6 Å². The molecule has 1 saturated heterocycles. The molecule has 10 atom stereocenters. The van der Waals surface area contributed by atoms with Gasteiger partial charge in [0.25, 0.3) is 0 Å². The fourth-order valence-corrected chi connectivity index (χ4v) is 9.64. The third-order valence-corrected chi connectivity index (χ3v) is 10.8. The molecule has 210 valence electrons. The molecule has 3 saturated carbocycles. The van der Waals surface area contributed by atoms with Crippen LogP contribution in [0.1, 0.15) is 72.3 Å². The second kappa shape index (κ2) is 8.13. The number of Topliss-reactive ketones (excluding diaryl/α,β-unsaturated/α-hetero) is 2. The molecule has 0 amide bonds. The first-order chi connectivity index (χ1) is 18.2. The zero-order chi connectivity index (χ0) is 28.3. The van der Waals surface area contributed by atoms with Crippen molar-refractivity contribution in [3.63, 3.8) is 0 Å². The van der Waals surface area contributed by atoms with Crippen LogP contribution < -0.4 is 0 Å². The highest BCUT2D eigenvalue weighted by Gasteiger charge is 2.82. The van der Waals surface area contributed by atoms with E-state index in [9.17, 15) is 24.3 Å². The van der Waals surface area contributed by atoms with Crippen molar-refractivity contribution < 1.29 is 42.9 Å². The standard InChI is InChI=1S/C30H36O9/c1-14(31)37-23-24-29(6,21(34)12-20-27(3,4)39-22-11-18(33)25(35)30(20,22)24)19-8-7-17(16-9-10-36-13-16)28(19,5)26(23)38-15(2)32/h8-10,13,17-18,20,22-24,26,33H,7,11-12H2,1-6H3. The minimum atomic E-state index is -1.31. The highest BCUT2D eigenvalue weighted by molar-refractivity contribution is 5.99. The molecule has 2 heterocycles. The molecule has 1 spiro atoms. The minimum absolute atomic E-state index is 0.0709. The van der Waals surface area contributed by atoms with Crippen LogP contribution in [0.2, 0.25) is 0 Å². The van der Waals surface area contributed by atoms with Gasteiger partial charge in [-0.3, -0.25) is 19.2 Å². The van der Waals surface area contributed by atoms with Crippen LogP contribution in [-0.4, -0.2) is 58.6 Å². The number of aliphatic hydroxyl groups excluding tert-OH is 1. The zero-order valence-corrected chi connectivity index (χ0v) is 23.2. The van der Waals surface area contributed by atoms with Crippen molar-refractivity contribution >= 4 is 23.5 Å². The van der Waals surface area contributed by atoms with Crippen molar-refractivity contribution in [2.45, 2.75) is 96.7 Å². The van der Waals surface area contributed by atoms with Gasteiger partial charge in [0.2, 0.25) is 0 Å². The Morgan fingerprint density at radius 2 is 1.77 bits per heavy atom. The summed E-state index contributed by atoms with van der Waals surface area (Å²) in [6.45, 7) is 10.1. The lowest BCUT2D eigenvalue weighted by atomic mass is 9.39. The van der Waals surface area contributed by atoms with E-state index in [1.54, 1.807) is 12.5 Å². The highest BCUT2D eigenvalue weighted by Crippen LogP contribution is 2.75. The van der Waals surface area contributed by atoms with Gasteiger partial charge in [-0.05, 0) is 38.8 Å². The Morgan fingerprint density at radius 1 is 1.08 bits per heavy atom. The van der Waals surface area contributed by atoms with E-state index in [-0.39, 0.29) is 30.3 Å². The molecule has 0 aromatic carbocycles. The lowest BCUT2D eigenvalue weighted by Gasteiger charge is -2.64. The number of allylic oxidation sites excluding steroid dienone is 1. The molecule has 4 fully saturated rings. The average molecular weight is 541 g/mol. The fourth-order valence-electron chi connectivity index (χ4n) is 9.64. The Balaban J connectivity index is 1.65. The van der Waals surface area contributed by atoms with Crippen LogP contribution in [0.15, 0.2) is 34.7 Å². The number of carbonyl (C=O) groups is 4. The van der Waals surface area contributed by atoms with E-state index in [2.05, 4.69) is 0 Å². The summed E-state index contributed by atoms with van der Waals surface area (Å²) < 4.78 is 24.0. The first kappa shape index (κ1) is 26.4. The molecule has 39 heavy (non-hydrogen) atoms. The van der Waals surface area contributed by atoms with Gasteiger partial charge in [-0.2, -0.15) is 0 Å². The summed E-state index contributed by atoms with van der Waals surface area (Å²) in [5.74, 6) is -3.31. The van der Waals surface area contributed by atoms with Crippen molar-refractivity contribution in [3.05, 3.63) is 35.8 Å². The Bertz CT molecular complexity index is 1290. The molecule has 1 aromatic rings. The number of ketones is 2. The second-order valence-electron chi connectivity index (χ2n) is 13.0. The van der Waals surface area contributed by atoms with E-state index in [1.807, 2.05) is 39.8 Å². The smallest absolute Gasteiger partial charge is 0.303 e. The molecule has 0 radical (unpaired) electrons. The third kappa shape index (κ3) is 3.09. The summed E-state index contributed by atoms with van der Waals surface area (Å²) >= 11 is 0. The Kier molecular flexibility index (Phi) is 5.51. The summed E-state index contributed by atoms with van der Waals surface area (Å²) in [7, 11) is 0. The van der Waals surface area contributed by atoms with Crippen molar-refractivity contribution in [1.29, 1.82) is 0 Å². The molecular formula is C30H36O9.